The quantitative estimate of drug-likeness (QED) is 0.543. The molecule has 0 spiro atoms. The summed E-state index contributed by atoms with van der Waals surface area (Å²) in [5, 5.41) is 0. The number of hydrogen-bond donors (Lipinski definition) is 0. The summed E-state index contributed by atoms with van der Waals surface area (Å²) in [7, 11) is 0. The minimum Gasteiger partial charge on any atom is -0.285 e. The first kappa shape index (κ1) is 6.85. The Morgan fingerprint density at radius 3 is 3.08 bits per heavy atom. The third-order valence-electron chi connectivity index (χ3n) is 3.25. The molecule has 0 radical (unpaired) electrons. The zero-order valence-electron chi connectivity index (χ0n) is 7.13. The molecule has 1 atom stereocenters. The molecule has 0 amide bonds. The molecule has 0 fully saturated rings. The summed E-state index contributed by atoms with van der Waals surface area (Å²) in [5.41, 5.74) is 3.43. The lowest BCUT2D eigenvalue weighted by Gasteiger charge is -2.25. The first-order chi connectivity index (χ1) is 6.19. The lowest BCUT2D eigenvalue weighted by molar-refractivity contribution is -0.119. The SMILES string of the molecule is C#[N+][C@@]12CC3=CC1=C(CC3=C)C2=O. The van der Waals surface area contributed by atoms with Gasteiger partial charge in [0.15, 0.2) is 0 Å². The molecule has 2 bridgehead atoms. The number of allylic oxidation sites excluding steroid dienone is 1. The van der Waals surface area contributed by atoms with E-state index in [0.717, 1.165) is 22.3 Å². The molecule has 2 heteroatoms. The molecule has 62 valence electrons. The maximum atomic E-state index is 11.7. The number of rotatable bonds is 0. The van der Waals surface area contributed by atoms with Gasteiger partial charge in [-0.15, -0.1) is 0 Å². The molecule has 3 aliphatic rings. The summed E-state index contributed by atoms with van der Waals surface area (Å²) in [5.74, 6) is 0.106. The predicted octanol–water partition coefficient (Wildman–Crippen LogP) is 1.86. The van der Waals surface area contributed by atoms with Gasteiger partial charge in [0, 0.05) is 12.0 Å². The van der Waals surface area contributed by atoms with E-state index in [4.69, 9.17) is 6.57 Å². The summed E-state index contributed by atoms with van der Waals surface area (Å²) in [4.78, 5) is 15.4. The Kier molecular flexibility index (Phi) is 0.880. The van der Waals surface area contributed by atoms with Crippen LogP contribution in [0, 0.1) is 6.57 Å². The number of hydrogen-bond acceptors (Lipinski definition) is 1. The number of carbonyl (C=O) groups excluding carboxylic acids is 1. The van der Waals surface area contributed by atoms with Gasteiger partial charge in [-0.1, -0.05) is 11.4 Å². The van der Waals surface area contributed by atoms with E-state index >= 15 is 0 Å². The van der Waals surface area contributed by atoms with E-state index in [-0.39, 0.29) is 5.78 Å². The zero-order chi connectivity index (χ0) is 9.22. The van der Waals surface area contributed by atoms with E-state index in [0.29, 0.717) is 12.8 Å². The van der Waals surface area contributed by atoms with Gasteiger partial charge in [0.1, 0.15) is 0 Å². The maximum Gasteiger partial charge on any atom is 0.371 e. The normalized spacial score (nSPS) is 34.2. The van der Waals surface area contributed by atoms with Crippen molar-refractivity contribution in [1.29, 1.82) is 0 Å². The molecule has 0 unspecified atom stereocenters. The van der Waals surface area contributed by atoms with Gasteiger partial charge in [-0.25, -0.2) is 0 Å². The van der Waals surface area contributed by atoms with Crippen LogP contribution in [0.3, 0.4) is 0 Å². The number of ketones is 1. The first-order valence-electron chi connectivity index (χ1n) is 4.28. The summed E-state index contributed by atoms with van der Waals surface area (Å²) in [6.07, 6.45) is 3.37. The van der Waals surface area contributed by atoms with Gasteiger partial charge in [-0.2, -0.15) is 0 Å². The van der Waals surface area contributed by atoms with E-state index in [2.05, 4.69) is 11.4 Å². The van der Waals surface area contributed by atoms with Crippen LogP contribution in [-0.2, 0) is 4.79 Å². The van der Waals surface area contributed by atoms with Crippen molar-refractivity contribution >= 4 is 5.78 Å². The van der Waals surface area contributed by atoms with Crippen molar-refractivity contribution in [2.45, 2.75) is 18.4 Å². The van der Waals surface area contributed by atoms with Crippen LogP contribution >= 0.6 is 0 Å². The standard InChI is InChI=1S/C11H8NO/c1-6-3-8-9-4-7(6)5-11(9,12-2)10(8)13/h2,4H,1,3,5H2/q+1/t11-/m0/s1. The molecule has 0 aromatic rings. The smallest absolute Gasteiger partial charge is 0.285 e. The first-order valence-corrected chi connectivity index (χ1v) is 4.28. The van der Waals surface area contributed by atoms with Crippen LogP contribution in [0.5, 0.6) is 0 Å². The Hall–Kier alpha value is -1.62. The van der Waals surface area contributed by atoms with Crippen molar-refractivity contribution in [1.82, 2.24) is 0 Å². The maximum absolute atomic E-state index is 11.7. The van der Waals surface area contributed by atoms with Crippen LogP contribution in [0.4, 0.5) is 0 Å². The summed E-state index contributed by atoms with van der Waals surface area (Å²) in [6.45, 7) is 9.24. The van der Waals surface area contributed by atoms with Crippen LogP contribution in [0.1, 0.15) is 12.8 Å². The van der Waals surface area contributed by atoms with E-state index < -0.39 is 5.54 Å². The monoisotopic (exact) mass is 170 g/mol. The van der Waals surface area contributed by atoms with Gasteiger partial charge in [-0.05, 0) is 17.2 Å². The highest BCUT2D eigenvalue weighted by atomic mass is 16.1. The zero-order valence-corrected chi connectivity index (χ0v) is 7.13. The molecule has 0 N–H and O–H groups in total. The van der Waals surface area contributed by atoms with Gasteiger partial charge in [0.05, 0.1) is 12.0 Å². The van der Waals surface area contributed by atoms with Gasteiger partial charge < -0.3 is 0 Å². The predicted molar refractivity (Wildman–Crippen MR) is 49.5 cm³/mol. The van der Waals surface area contributed by atoms with E-state index in [9.17, 15) is 4.79 Å². The second-order valence-corrected chi connectivity index (χ2v) is 3.84. The minimum absolute atomic E-state index is 0.106. The Balaban J connectivity index is 2.28. The van der Waals surface area contributed by atoms with Crippen LogP contribution in [-0.4, -0.2) is 11.3 Å². The molecule has 3 rings (SSSR count). The second-order valence-electron chi connectivity index (χ2n) is 3.84. The highest BCUT2D eigenvalue weighted by Crippen LogP contribution is 2.56. The lowest BCUT2D eigenvalue weighted by Crippen LogP contribution is -2.44. The second kappa shape index (κ2) is 1.67. The molecule has 3 aliphatic carbocycles. The van der Waals surface area contributed by atoms with Crippen molar-refractivity contribution in [3.63, 3.8) is 0 Å². The molecule has 0 aromatic carbocycles. The molecular weight excluding hydrogens is 162 g/mol. The molecule has 0 saturated carbocycles. The number of Topliss-reactive ketones (excluding diaryl/α,β-unsaturated/α-hetero) is 1. The van der Waals surface area contributed by atoms with Gasteiger partial charge in [-0.3, -0.25) is 4.79 Å². The molecule has 0 saturated heterocycles. The highest BCUT2D eigenvalue weighted by Gasteiger charge is 2.67. The van der Waals surface area contributed by atoms with Gasteiger partial charge >= 0.3 is 5.54 Å². The Bertz CT molecular complexity index is 473. The molecule has 0 aromatic heterocycles. The van der Waals surface area contributed by atoms with Gasteiger partial charge in [0.2, 0.25) is 0 Å². The van der Waals surface area contributed by atoms with Gasteiger partial charge in [0.25, 0.3) is 12.4 Å². The van der Waals surface area contributed by atoms with Crippen molar-refractivity contribution in [2.24, 2.45) is 0 Å². The van der Waals surface area contributed by atoms with Crippen LogP contribution in [0.15, 0.2) is 34.9 Å². The Morgan fingerprint density at radius 1 is 1.62 bits per heavy atom. The fourth-order valence-electron chi connectivity index (χ4n) is 2.47. The molecule has 0 aliphatic heterocycles. The van der Waals surface area contributed by atoms with Crippen LogP contribution in [0.2, 0.25) is 0 Å². The van der Waals surface area contributed by atoms with E-state index in [1.807, 2.05) is 6.08 Å². The molecular formula is C11H8NO+. The number of nitrogens with zero attached hydrogens (tertiary/aromatic N) is 1. The van der Waals surface area contributed by atoms with Crippen molar-refractivity contribution in [3.05, 3.63) is 39.8 Å². The molecule has 2 nitrogen and oxygen atoms in total. The minimum atomic E-state index is -0.690. The van der Waals surface area contributed by atoms with Crippen molar-refractivity contribution in [3.8, 4) is 6.57 Å². The van der Waals surface area contributed by atoms with Crippen LogP contribution < -0.4 is 0 Å². The average Bonchev–Trinajstić information content (AvgIpc) is 2.39. The Morgan fingerprint density at radius 2 is 2.38 bits per heavy atom. The largest absolute Gasteiger partial charge is 0.371 e. The average molecular weight is 170 g/mol. The summed E-state index contributed by atoms with van der Waals surface area (Å²) >= 11 is 0. The highest BCUT2D eigenvalue weighted by molar-refractivity contribution is 6.18. The summed E-state index contributed by atoms with van der Waals surface area (Å²) in [6, 6.07) is 0. The summed E-state index contributed by atoms with van der Waals surface area (Å²) < 4.78 is 0. The molecule has 13 heavy (non-hydrogen) atoms. The Labute approximate surface area is 76.1 Å². The lowest BCUT2D eigenvalue weighted by atomic mass is 9.70. The fraction of sp³-hybridized carbons (Fsp3) is 0.273. The topological polar surface area (TPSA) is 21.4 Å². The van der Waals surface area contributed by atoms with Crippen molar-refractivity contribution in [2.75, 3.05) is 0 Å². The molecule has 0 heterocycles. The third kappa shape index (κ3) is 0.495. The third-order valence-corrected chi connectivity index (χ3v) is 3.25. The van der Waals surface area contributed by atoms with E-state index in [1.54, 1.807) is 0 Å². The number of carbonyl (C=O) groups is 1. The van der Waals surface area contributed by atoms with E-state index in [1.165, 1.54) is 0 Å². The van der Waals surface area contributed by atoms with Crippen LogP contribution in [0.25, 0.3) is 4.85 Å². The van der Waals surface area contributed by atoms with Crippen molar-refractivity contribution < 1.29 is 4.79 Å². The fourth-order valence-corrected chi connectivity index (χ4v) is 2.47.